The fourth-order valence-electron chi connectivity index (χ4n) is 2.43. The number of halogens is 1. The van der Waals surface area contributed by atoms with E-state index >= 15 is 0 Å². The average Bonchev–Trinajstić information content (AvgIpc) is 3.03. The average molecular weight is 354 g/mol. The van der Waals surface area contributed by atoms with Crippen LogP contribution in [0.5, 0.6) is 11.5 Å². The van der Waals surface area contributed by atoms with Gasteiger partial charge in [0.1, 0.15) is 17.3 Å². The zero-order valence-electron chi connectivity index (χ0n) is 14.3. The lowest BCUT2D eigenvalue weighted by atomic mass is 10.1. The van der Waals surface area contributed by atoms with Crippen LogP contribution in [-0.4, -0.2) is 22.2 Å². The Morgan fingerprint density at radius 3 is 2.58 bits per heavy atom. The Bertz CT molecular complexity index is 906. The first-order chi connectivity index (χ1) is 12.5. The van der Waals surface area contributed by atoms with Crippen LogP contribution in [0.2, 0.25) is 0 Å². The van der Waals surface area contributed by atoms with Gasteiger partial charge in [0.05, 0.1) is 5.56 Å². The van der Waals surface area contributed by atoms with Crippen LogP contribution >= 0.6 is 0 Å². The van der Waals surface area contributed by atoms with Crippen molar-refractivity contribution in [2.45, 2.75) is 6.42 Å². The molecule has 1 amide bonds. The molecule has 3 rings (SSSR count). The van der Waals surface area contributed by atoms with Crippen LogP contribution in [0.1, 0.15) is 15.9 Å². The summed E-state index contributed by atoms with van der Waals surface area (Å²) in [5.74, 6) is 0.0744. The number of aromatic nitrogens is 2. The number of nitrogens with one attached hydrogen (secondary N) is 1. The van der Waals surface area contributed by atoms with Crippen molar-refractivity contribution in [3.8, 4) is 11.5 Å². The maximum Gasteiger partial charge on any atom is 0.259 e. The van der Waals surface area contributed by atoms with Crippen molar-refractivity contribution in [1.82, 2.24) is 9.78 Å². The molecule has 7 heteroatoms. The van der Waals surface area contributed by atoms with Crippen LogP contribution in [0.3, 0.4) is 0 Å². The van der Waals surface area contributed by atoms with Crippen LogP contribution in [-0.2, 0) is 13.5 Å². The maximum absolute atomic E-state index is 14.1. The van der Waals surface area contributed by atoms with Gasteiger partial charge >= 0.3 is 0 Å². The van der Waals surface area contributed by atoms with Crippen molar-refractivity contribution >= 4 is 11.7 Å². The standard InChI is InChI=1S/C19H19FN4O2/c1-24-11-9-18(23-24)22-19(25)16-12-15(6-7-17(16)20)26-14-4-2-13(3-5-14)8-10-21/h2-7,9,11-12H,8,10,21H2,1H3,(H,22,23,25). The Morgan fingerprint density at radius 2 is 1.92 bits per heavy atom. The highest BCUT2D eigenvalue weighted by molar-refractivity contribution is 6.04. The molecule has 0 unspecified atom stereocenters. The maximum atomic E-state index is 14.1. The minimum absolute atomic E-state index is 0.118. The normalized spacial score (nSPS) is 10.6. The van der Waals surface area contributed by atoms with Gasteiger partial charge < -0.3 is 15.8 Å². The highest BCUT2D eigenvalue weighted by Crippen LogP contribution is 2.24. The summed E-state index contributed by atoms with van der Waals surface area (Å²) in [6.07, 6.45) is 2.47. The zero-order valence-corrected chi connectivity index (χ0v) is 14.3. The highest BCUT2D eigenvalue weighted by Gasteiger charge is 2.14. The molecule has 0 aliphatic rings. The lowest BCUT2D eigenvalue weighted by Gasteiger charge is -2.09. The third-order valence-corrected chi connectivity index (χ3v) is 3.73. The molecule has 0 radical (unpaired) electrons. The van der Waals surface area contributed by atoms with E-state index in [1.165, 1.54) is 18.2 Å². The Balaban J connectivity index is 1.75. The number of rotatable bonds is 6. The number of nitrogens with zero attached hydrogens (tertiary/aromatic N) is 2. The number of amides is 1. The molecule has 2 aromatic carbocycles. The van der Waals surface area contributed by atoms with E-state index in [1.807, 2.05) is 24.3 Å². The molecule has 26 heavy (non-hydrogen) atoms. The molecule has 3 aromatic rings. The molecule has 1 heterocycles. The highest BCUT2D eigenvalue weighted by atomic mass is 19.1. The summed E-state index contributed by atoms with van der Waals surface area (Å²) in [6, 6.07) is 13.1. The molecule has 0 aliphatic carbocycles. The Morgan fingerprint density at radius 1 is 1.19 bits per heavy atom. The summed E-state index contributed by atoms with van der Waals surface area (Å²) in [4.78, 5) is 12.3. The summed E-state index contributed by atoms with van der Waals surface area (Å²) in [7, 11) is 1.73. The van der Waals surface area contributed by atoms with Gasteiger partial charge in [-0.1, -0.05) is 12.1 Å². The van der Waals surface area contributed by atoms with E-state index in [9.17, 15) is 9.18 Å². The van der Waals surface area contributed by atoms with Gasteiger partial charge in [0, 0.05) is 19.3 Å². The lowest BCUT2D eigenvalue weighted by molar-refractivity contribution is 0.102. The molecule has 0 saturated heterocycles. The third kappa shape index (κ3) is 4.25. The van der Waals surface area contributed by atoms with Crippen molar-refractivity contribution < 1.29 is 13.9 Å². The van der Waals surface area contributed by atoms with Crippen molar-refractivity contribution in [2.24, 2.45) is 12.8 Å². The molecule has 0 saturated carbocycles. The number of nitrogens with two attached hydrogens (primary N) is 1. The first kappa shape index (κ1) is 17.6. The summed E-state index contributed by atoms with van der Waals surface area (Å²) in [5.41, 5.74) is 6.52. The molecule has 0 aliphatic heterocycles. The molecule has 0 bridgehead atoms. The van der Waals surface area contributed by atoms with Crippen molar-refractivity contribution in [3.05, 3.63) is 71.7 Å². The van der Waals surface area contributed by atoms with Gasteiger partial charge in [-0.05, 0) is 48.9 Å². The van der Waals surface area contributed by atoms with Crippen LogP contribution < -0.4 is 15.8 Å². The van der Waals surface area contributed by atoms with E-state index in [-0.39, 0.29) is 5.56 Å². The molecule has 6 nitrogen and oxygen atoms in total. The molecule has 1 aromatic heterocycles. The van der Waals surface area contributed by atoms with Gasteiger partial charge in [-0.25, -0.2) is 4.39 Å². The number of anilines is 1. The molecule has 3 N–H and O–H groups in total. The largest absolute Gasteiger partial charge is 0.457 e. The SMILES string of the molecule is Cn1ccc(NC(=O)c2cc(Oc3ccc(CCN)cc3)ccc2F)n1. The Labute approximate surface area is 150 Å². The molecule has 0 fully saturated rings. The van der Waals surface area contributed by atoms with Crippen molar-refractivity contribution in [3.63, 3.8) is 0 Å². The van der Waals surface area contributed by atoms with Gasteiger partial charge in [0.25, 0.3) is 5.91 Å². The van der Waals surface area contributed by atoms with E-state index in [1.54, 1.807) is 24.0 Å². The molecular formula is C19H19FN4O2. The number of hydrogen-bond acceptors (Lipinski definition) is 4. The zero-order chi connectivity index (χ0) is 18.5. The number of hydrogen-bond donors (Lipinski definition) is 2. The topological polar surface area (TPSA) is 82.2 Å². The summed E-state index contributed by atoms with van der Waals surface area (Å²) >= 11 is 0. The minimum atomic E-state index is -0.635. The smallest absolute Gasteiger partial charge is 0.259 e. The van der Waals surface area contributed by atoms with Crippen molar-refractivity contribution in [1.29, 1.82) is 0 Å². The summed E-state index contributed by atoms with van der Waals surface area (Å²) in [5, 5.41) is 6.60. The van der Waals surface area contributed by atoms with Gasteiger partial charge in [-0.15, -0.1) is 0 Å². The van der Waals surface area contributed by atoms with Gasteiger partial charge in [-0.2, -0.15) is 5.10 Å². The fraction of sp³-hybridized carbons (Fsp3) is 0.158. The van der Waals surface area contributed by atoms with Crippen LogP contribution in [0.15, 0.2) is 54.7 Å². The number of carbonyl (C=O) groups excluding carboxylic acids is 1. The van der Waals surface area contributed by atoms with Gasteiger partial charge in [0.15, 0.2) is 5.82 Å². The number of carbonyl (C=O) groups is 1. The van der Waals surface area contributed by atoms with E-state index in [4.69, 9.17) is 10.5 Å². The number of ether oxygens (including phenoxy) is 1. The number of aryl methyl sites for hydroxylation is 1. The van der Waals surface area contributed by atoms with Gasteiger partial charge in [-0.3, -0.25) is 9.48 Å². The van der Waals surface area contributed by atoms with E-state index in [0.717, 1.165) is 12.0 Å². The Hall–Kier alpha value is -3.19. The van der Waals surface area contributed by atoms with Crippen molar-refractivity contribution in [2.75, 3.05) is 11.9 Å². The summed E-state index contributed by atoms with van der Waals surface area (Å²) < 4.78 is 21.3. The Kier molecular flexibility index (Phi) is 5.28. The molecule has 0 spiro atoms. The van der Waals surface area contributed by atoms with E-state index < -0.39 is 11.7 Å². The second-order valence-electron chi connectivity index (χ2n) is 5.76. The predicted octanol–water partition coefficient (Wildman–Crippen LogP) is 3.11. The molecular weight excluding hydrogens is 335 g/mol. The predicted molar refractivity (Wildman–Crippen MR) is 96.8 cm³/mol. The number of benzene rings is 2. The van der Waals surface area contributed by atoms with Gasteiger partial charge in [0.2, 0.25) is 0 Å². The molecule has 0 atom stereocenters. The van der Waals surface area contributed by atoms with Crippen LogP contribution in [0.4, 0.5) is 10.2 Å². The van der Waals surface area contributed by atoms with Crippen LogP contribution in [0.25, 0.3) is 0 Å². The summed E-state index contributed by atoms with van der Waals surface area (Å²) in [6.45, 7) is 0.576. The monoisotopic (exact) mass is 354 g/mol. The quantitative estimate of drug-likeness (QED) is 0.713. The molecule has 134 valence electrons. The second kappa shape index (κ2) is 7.79. The van der Waals surface area contributed by atoms with E-state index in [2.05, 4.69) is 10.4 Å². The first-order valence-electron chi connectivity index (χ1n) is 8.12. The lowest BCUT2D eigenvalue weighted by Crippen LogP contribution is -2.14. The first-order valence-corrected chi connectivity index (χ1v) is 8.12. The van der Waals surface area contributed by atoms with E-state index in [0.29, 0.717) is 23.9 Å². The minimum Gasteiger partial charge on any atom is -0.457 e. The fourth-order valence-corrected chi connectivity index (χ4v) is 2.43. The second-order valence-corrected chi connectivity index (χ2v) is 5.76. The van der Waals surface area contributed by atoms with Crippen LogP contribution in [0, 0.1) is 5.82 Å². The third-order valence-electron chi connectivity index (χ3n) is 3.73.